The molecule has 2 aromatic carbocycles. The first-order valence-corrected chi connectivity index (χ1v) is 8.54. The number of carboxylic acid groups (broad SMARTS) is 1. The third-order valence-electron chi connectivity index (χ3n) is 4.30. The summed E-state index contributed by atoms with van der Waals surface area (Å²) in [6.45, 7) is 1.76. The number of carbonyl (C=O) groups excluding carboxylic acids is 1. The summed E-state index contributed by atoms with van der Waals surface area (Å²) in [6.07, 6.45) is -3.77. The van der Waals surface area contributed by atoms with E-state index in [0.29, 0.717) is 12.0 Å². The molecule has 2 N–H and O–H groups in total. The zero-order valence-corrected chi connectivity index (χ0v) is 15.3. The highest BCUT2D eigenvalue weighted by Gasteiger charge is 2.30. The lowest BCUT2D eigenvalue weighted by molar-refractivity contribution is -0.141. The molecule has 2 rings (SSSR count). The number of rotatable bonds is 7. The van der Waals surface area contributed by atoms with E-state index < -0.39 is 29.5 Å². The van der Waals surface area contributed by atoms with Gasteiger partial charge in [-0.15, -0.1) is 0 Å². The molecule has 0 saturated carbocycles. The maximum absolute atomic E-state index is 12.6. The van der Waals surface area contributed by atoms with E-state index in [9.17, 15) is 27.9 Å². The molecule has 1 amide bonds. The van der Waals surface area contributed by atoms with Crippen LogP contribution in [0.15, 0.2) is 42.5 Å². The minimum absolute atomic E-state index is 0.167. The molecule has 28 heavy (non-hydrogen) atoms. The molecule has 0 aliphatic carbocycles. The molecule has 150 valence electrons. The molecule has 1 unspecified atom stereocenters. The average Bonchev–Trinajstić information content (AvgIpc) is 2.65. The lowest BCUT2D eigenvalue weighted by Gasteiger charge is -2.14. The summed E-state index contributed by atoms with van der Waals surface area (Å²) in [5.74, 6) is -1.80. The maximum atomic E-state index is 12.6. The summed E-state index contributed by atoms with van der Waals surface area (Å²) in [5, 5.41) is 11.7. The fourth-order valence-corrected chi connectivity index (χ4v) is 2.69. The minimum Gasteiger partial charge on any atom is -0.496 e. The highest BCUT2D eigenvalue weighted by molar-refractivity contribution is 6.06. The number of methoxy groups -OCH3 is 1. The van der Waals surface area contributed by atoms with Gasteiger partial charge >= 0.3 is 12.1 Å². The van der Waals surface area contributed by atoms with Crippen LogP contribution in [0.4, 0.5) is 18.9 Å². The van der Waals surface area contributed by atoms with Crippen molar-refractivity contribution in [1.29, 1.82) is 0 Å². The van der Waals surface area contributed by atoms with Crippen molar-refractivity contribution in [3.05, 3.63) is 59.2 Å². The molecule has 0 spiro atoms. The highest BCUT2D eigenvalue weighted by Crippen LogP contribution is 2.30. The fraction of sp³-hybridized carbons (Fsp3) is 0.300. The molecule has 0 radical (unpaired) electrons. The predicted octanol–water partition coefficient (Wildman–Crippen LogP) is 4.62. The number of halogens is 3. The molecule has 1 atom stereocenters. The van der Waals surface area contributed by atoms with Gasteiger partial charge in [-0.3, -0.25) is 9.59 Å². The van der Waals surface area contributed by atoms with Crippen molar-refractivity contribution in [2.45, 2.75) is 25.9 Å². The van der Waals surface area contributed by atoms with Crippen LogP contribution in [0.2, 0.25) is 0 Å². The van der Waals surface area contributed by atoms with E-state index in [1.165, 1.54) is 13.2 Å². The summed E-state index contributed by atoms with van der Waals surface area (Å²) >= 11 is 0. The van der Waals surface area contributed by atoms with Gasteiger partial charge in [0.25, 0.3) is 5.91 Å². The molecule has 0 fully saturated rings. The zero-order chi connectivity index (χ0) is 20.9. The second-order valence-corrected chi connectivity index (χ2v) is 6.21. The van der Waals surface area contributed by atoms with Gasteiger partial charge in [-0.05, 0) is 54.8 Å². The normalized spacial score (nSPS) is 12.3. The number of carboxylic acids is 1. The molecule has 5 nitrogen and oxygen atoms in total. The number of aliphatic carboxylic acids is 1. The second kappa shape index (κ2) is 8.77. The van der Waals surface area contributed by atoms with E-state index >= 15 is 0 Å². The fourth-order valence-electron chi connectivity index (χ4n) is 2.69. The van der Waals surface area contributed by atoms with E-state index in [1.807, 2.05) is 0 Å². The number of nitrogens with one attached hydrogen (secondary N) is 1. The largest absolute Gasteiger partial charge is 0.496 e. The Bertz CT molecular complexity index is 848. The topological polar surface area (TPSA) is 75.6 Å². The molecular weight excluding hydrogens is 375 g/mol. The lowest BCUT2D eigenvalue weighted by Crippen LogP contribution is -2.17. The van der Waals surface area contributed by atoms with Gasteiger partial charge in [0.15, 0.2) is 0 Å². The number of ether oxygens (including phenoxy) is 1. The van der Waals surface area contributed by atoms with Crippen LogP contribution in [0.3, 0.4) is 0 Å². The van der Waals surface area contributed by atoms with Crippen LogP contribution in [-0.2, 0) is 17.4 Å². The molecule has 0 aromatic heterocycles. The van der Waals surface area contributed by atoms with Crippen molar-refractivity contribution >= 4 is 17.6 Å². The third-order valence-corrected chi connectivity index (χ3v) is 4.30. The van der Waals surface area contributed by atoms with Gasteiger partial charge in [0.2, 0.25) is 0 Å². The van der Waals surface area contributed by atoms with Gasteiger partial charge in [0.05, 0.1) is 24.2 Å². The minimum atomic E-state index is -4.46. The molecule has 0 aliphatic rings. The summed E-state index contributed by atoms with van der Waals surface area (Å²) in [4.78, 5) is 23.8. The number of amides is 1. The van der Waals surface area contributed by atoms with Crippen LogP contribution < -0.4 is 10.1 Å². The predicted molar refractivity (Wildman–Crippen MR) is 97.5 cm³/mol. The number of alkyl halides is 3. The number of carbonyl (C=O) groups is 2. The first-order chi connectivity index (χ1) is 13.2. The van der Waals surface area contributed by atoms with Gasteiger partial charge < -0.3 is 15.2 Å². The van der Waals surface area contributed by atoms with Crippen molar-refractivity contribution < 1.29 is 32.6 Å². The summed E-state index contributed by atoms with van der Waals surface area (Å²) in [7, 11) is 1.38. The Balaban J connectivity index is 2.23. The van der Waals surface area contributed by atoms with Crippen molar-refractivity contribution in [3.8, 4) is 5.75 Å². The Labute approximate surface area is 160 Å². The number of benzene rings is 2. The van der Waals surface area contributed by atoms with E-state index in [-0.39, 0.29) is 23.4 Å². The zero-order valence-electron chi connectivity index (χ0n) is 15.3. The molecule has 0 bridgehead atoms. The van der Waals surface area contributed by atoms with Crippen molar-refractivity contribution in [2.75, 3.05) is 12.4 Å². The molecular formula is C20H20F3NO4. The van der Waals surface area contributed by atoms with Gasteiger partial charge in [-0.25, -0.2) is 0 Å². The average molecular weight is 395 g/mol. The van der Waals surface area contributed by atoms with E-state index in [0.717, 1.165) is 24.3 Å². The summed E-state index contributed by atoms with van der Waals surface area (Å²) < 4.78 is 43.1. The third kappa shape index (κ3) is 5.25. The lowest BCUT2D eigenvalue weighted by atomic mass is 9.95. The highest BCUT2D eigenvalue weighted by atomic mass is 19.4. The van der Waals surface area contributed by atoms with E-state index in [2.05, 4.69) is 5.32 Å². The Morgan fingerprint density at radius 2 is 1.79 bits per heavy atom. The van der Waals surface area contributed by atoms with Crippen LogP contribution >= 0.6 is 0 Å². The Morgan fingerprint density at radius 1 is 1.14 bits per heavy atom. The van der Waals surface area contributed by atoms with Crippen molar-refractivity contribution in [3.63, 3.8) is 0 Å². The number of anilines is 1. The Kier molecular flexibility index (Phi) is 6.66. The van der Waals surface area contributed by atoms with Crippen molar-refractivity contribution in [1.82, 2.24) is 0 Å². The molecule has 0 saturated heterocycles. The monoisotopic (exact) mass is 395 g/mol. The van der Waals surface area contributed by atoms with Gasteiger partial charge in [0, 0.05) is 5.69 Å². The van der Waals surface area contributed by atoms with Crippen LogP contribution in [-0.4, -0.2) is 24.1 Å². The summed E-state index contributed by atoms with van der Waals surface area (Å²) in [5.41, 5.74) is 0.194. The van der Waals surface area contributed by atoms with Crippen LogP contribution in [0.1, 0.15) is 34.8 Å². The van der Waals surface area contributed by atoms with E-state index in [4.69, 9.17) is 4.74 Å². The van der Waals surface area contributed by atoms with Gasteiger partial charge in [0.1, 0.15) is 5.75 Å². The number of hydrogen-bond donors (Lipinski definition) is 2. The van der Waals surface area contributed by atoms with Crippen LogP contribution in [0.25, 0.3) is 0 Å². The smallest absolute Gasteiger partial charge is 0.416 e. The molecule has 8 heteroatoms. The Morgan fingerprint density at radius 3 is 2.29 bits per heavy atom. The van der Waals surface area contributed by atoms with Gasteiger partial charge in [-0.1, -0.05) is 13.0 Å². The molecule has 0 heterocycles. The van der Waals surface area contributed by atoms with Crippen molar-refractivity contribution in [2.24, 2.45) is 5.92 Å². The molecule has 0 aliphatic heterocycles. The molecule has 2 aromatic rings. The maximum Gasteiger partial charge on any atom is 0.416 e. The first-order valence-electron chi connectivity index (χ1n) is 8.54. The standard InChI is InChI=1S/C20H20F3NO4/c1-3-13(19(26)27)10-12-4-9-17(28-2)16(11-12)18(25)24-15-7-5-14(6-8-15)20(21,22)23/h4-9,11,13H,3,10H2,1-2H3,(H,24,25)(H,26,27). The van der Waals surface area contributed by atoms with Gasteiger partial charge in [-0.2, -0.15) is 13.2 Å². The Hall–Kier alpha value is -3.03. The first kappa shape index (κ1) is 21.3. The quantitative estimate of drug-likeness (QED) is 0.717. The second-order valence-electron chi connectivity index (χ2n) is 6.21. The number of hydrogen-bond acceptors (Lipinski definition) is 3. The van der Waals surface area contributed by atoms with E-state index in [1.54, 1.807) is 19.1 Å². The van der Waals surface area contributed by atoms with Crippen LogP contribution in [0.5, 0.6) is 5.75 Å². The van der Waals surface area contributed by atoms with Crippen LogP contribution in [0, 0.1) is 5.92 Å². The SMILES string of the molecule is CCC(Cc1ccc(OC)c(C(=O)Nc2ccc(C(F)(F)F)cc2)c1)C(=O)O. The summed E-state index contributed by atoms with van der Waals surface area (Å²) in [6, 6.07) is 8.85.